The molecule has 84 valence electrons. The Balaban J connectivity index is 0.000000531. The molecule has 0 aromatic heterocycles. The highest BCUT2D eigenvalue weighted by Crippen LogP contribution is 2.38. The maximum Gasteiger partial charge on any atom is 0.0236 e. The van der Waals surface area contributed by atoms with Crippen molar-refractivity contribution in [3.63, 3.8) is 0 Å². The molecule has 1 saturated heterocycles. The van der Waals surface area contributed by atoms with E-state index in [0.29, 0.717) is 5.25 Å². The van der Waals surface area contributed by atoms with E-state index in [-0.39, 0.29) is 0 Å². The summed E-state index contributed by atoms with van der Waals surface area (Å²) in [6.45, 7) is 6.16. The molecule has 1 heterocycles. The SMILES string of the molecule is C=S(=C)(c1ccccc1)C1CNC1.CC. The summed E-state index contributed by atoms with van der Waals surface area (Å²) >= 11 is 0. The van der Waals surface area contributed by atoms with Gasteiger partial charge in [0.1, 0.15) is 0 Å². The van der Waals surface area contributed by atoms with Crippen LogP contribution in [0.15, 0.2) is 35.2 Å². The Hall–Kier alpha value is -0.730. The molecule has 0 atom stereocenters. The van der Waals surface area contributed by atoms with E-state index < -0.39 is 9.21 Å². The fourth-order valence-electron chi connectivity index (χ4n) is 1.47. The molecule has 0 spiro atoms. The molecule has 1 aromatic rings. The monoisotopic (exact) mass is 223 g/mol. The van der Waals surface area contributed by atoms with Gasteiger partial charge in [0.2, 0.25) is 0 Å². The van der Waals surface area contributed by atoms with E-state index in [1.165, 1.54) is 4.90 Å². The maximum absolute atomic E-state index is 4.29. The second kappa shape index (κ2) is 5.38. The Morgan fingerprint density at radius 3 is 2.07 bits per heavy atom. The van der Waals surface area contributed by atoms with Crippen molar-refractivity contribution in [2.24, 2.45) is 0 Å². The van der Waals surface area contributed by atoms with Crippen molar-refractivity contribution in [1.29, 1.82) is 0 Å². The van der Waals surface area contributed by atoms with Gasteiger partial charge in [0, 0.05) is 18.3 Å². The van der Waals surface area contributed by atoms with Crippen LogP contribution in [0.4, 0.5) is 0 Å². The highest BCUT2D eigenvalue weighted by molar-refractivity contribution is 8.28. The summed E-state index contributed by atoms with van der Waals surface area (Å²) < 4.78 is 0. The topological polar surface area (TPSA) is 12.0 Å². The van der Waals surface area contributed by atoms with E-state index in [1.54, 1.807) is 0 Å². The summed E-state index contributed by atoms with van der Waals surface area (Å²) in [5.41, 5.74) is 0. The first-order chi connectivity index (χ1) is 7.21. The third-order valence-corrected chi connectivity index (χ3v) is 5.42. The van der Waals surface area contributed by atoms with Gasteiger partial charge in [-0.2, -0.15) is 9.21 Å². The summed E-state index contributed by atoms with van der Waals surface area (Å²) in [4.78, 5) is 1.32. The lowest BCUT2D eigenvalue weighted by atomic mass is 10.3. The Labute approximate surface area is 94.0 Å². The average molecular weight is 223 g/mol. The zero-order chi connectivity index (χ0) is 11.3. The maximum atomic E-state index is 4.29. The average Bonchev–Trinajstić information content (AvgIpc) is 2.19. The first kappa shape index (κ1) is 12.3. The lowest BCUT2D eigenvalue weighted by Gasteiger charge is -2.34. The molecule has 0 radical (unpaired) electrons. The van der Waals surface area contributed by atoms with Crippen molar-refractivity contribution < 1.29 is 0 Å². The molecule has 0 aliphatic carbocycles. The van der Waals surface area contributed by atoms with Gasteiger partial charge in [-0.05, 0) is 17.0 Å². The Kier molecular flexibility index (Phi) is 4.43. The second-order valence-electron chi connectivity index (χ2n) is 3.54. The molecular formula is C13H21NS. The van der Waals surface area contributed by atoms with E-state index in [2.05, 4.69) is 41.3 Å². The fraction of sp³-hybridized carbons (Fsp3) is 0.385. The lowest BCUT2D eigenvalue weighted by molar-refractivity contribution is 0.542. The number of hydrogen-bond donors (Lipinski definition) is 1. The Morgan fingerprint density at radius 1 is 1.13 bits per heavy atom. The zero-order valence-corrected chi connectivity index (χ0v) is 10.5. The van der Waals surface area contributed by atoms with Crippen molar-refractivity contribution in [3.8, 4) is 0 Å². The number of benzene rings is 1. The van der Waals surface area contributed by atoms with Gasteiger partial charge in [-0.3, -0.25) is 0 Å². The molecule has 0 unspecified atom stereocenters. The quantitative estimate of drug-likeness (QED) is 0.760. The van der Waals surface area contributed by atoms with Crippen molar-refractivity contribution in [1.82, 2.24) is 5.32 Å². The van der Waals surface area contributed by atoms with Crippen LogP contribution >= 0.6 is 9.21 Å². The standard InChI is InChI=1S/C11H15NS.C2H6/c1-13(2,11-8-12-9-11)10-6-4-3-5-7-10;1-2/h3-7,11-12H,1-2,8-9H2;1-2H3. The minimum atomic E-state index is -1.06. The molecule has 2 rings (SSSR count). The van der Waals surface area contributed by atoms with Gasteiger partial charge >= 0.3 is 0 Å². The lowest BCUT2D eigenvalue weighted by Crippen LogP contribution is -2.46. The van der Waals surface area contributed by atoms with E-state index >= 15 is 0 Å². The van der Waals surface area contributed by atoms with Gasteiger partial charge in [-0.1, -0.05) is 43.8 Å². The summed E-state index contributed by atoms with van der Waals surface area (Å²) in [5.74, 6) is 8.59. The fourth-order valence-corrected chi connectivity index (χ4v) is 3.42. The molecule has 15 heavy (non-hydrogen) atoms. The van der Waals surface area contributed by atoms with Crippen LogP contribution in [0.3, 0.4) is 0 Å². The molecule has 1 aliphatic rings. The van der Waals surface area contributed by atoms with Crippen molar-refractivity contribution in [2.75, 3.05) is 13.1 Å². The van der Waals surface area contributed by atoms with Crippen molar-refractivity contribution in [3.05, 3.63) is 30.3 Å². The molecule has 1 aromatic carbocycles. The van der Waals surface area contributed by atoms with Gasteiger partial charge in [0.15, 0.2) is 0 Å². The van der Waals surface area contributed by atoms with Gasteiger partial charge in [0.05, 0.1) is 0 Å². The number of hydrogen-bond acceptors (Lipinski definition) is 1. The number of rotatable bonds is 2. The highest BCUT2D eigenvalue weighted by Gasteiger charge is 2.22. The van der Waals surface area contributed by atoms with E-state index in [4.69, 9.17) is 0 Å². The normalized spacial score (nSPS) is 16.1. The van der Waals surface area contributed by atoms with Crippen LogP contribution in [0.25, 0.3) is 0 Å². The van der Waals surface area contributed by atoms with Crippen LogP contribution in [-0.4, -0.2) is 30.1 Å². The third kappa shape index (κ3) is 2.64. The zero-order valence-electron chi connectivity index (χ0n) is 9.70. The Bertz CT molecular complexity index is 374. The van der Waals surface area contributed by atoms with Crippen LogP contribution < -0.4 is 5.32 Å². The summed E-state index contributed by atoms with van der Waals surface area (Å²) in [6.07, 6.45) is 0. The molecule has 0 amide bonds. The molecule has 1 N–H and O–H groups in total. The highest BCUT2D eigenvalue weighted by atomic mass is 32.2. The smallest absolute Gasteiger partial charge is 0.0236 e. The second-order valence-corrected chi connectivity index (χ2v) is 6.56. The van der Waals surface area contributed by atoms with Gasteiger partial charge in [-0.25, -0.2) is 0 Å². The molecule has 0 bridgehead atoms. The van der Waals surface area contributed by atoms with Crippen LogP contribution in [0.2, 0.25) is 0 Å². The summed E-state index contributed by atoms with van der Waals surface area (Å²) in [7, 11) is -1.06. The van der Waals surface area contributed by atoms with E-state index in [0.717, 1.165) is 13.1 Å². The van der Waals surface area contributed by atoms with Crippen LogP contribution in [-0.2, 0) is 0 Å². The van der Waals surface area contributed by atoms with E-state index in [9.17, 15) is 0 Å². The van der Waals surface area contributed by atoms with Crippen LogP contribution in [0.5, 0.6) is 0 Å². The Morgan fingerprint density at radius 2 is 1.67 bits per heavy atom. The molecule has 1 aliphatic heterocycles. The van der Waals surface area contributed by atoms with Gasteiger partial charge in [0.25, 0.3) is 0 Å². The van der Waals surface area contributed by atoms with Crippen LogP contribution in [0.1, 0.15) is 13.8 Å². The van der Waals surface area contributed by atoms with Gasteiger partial charge in [-0.15, -0.1) is 0 Å². The largest absolute Gasteiger partial charge is 0.314 e. The predicted molar refractivity (Wildman–Crippen MR) is 74.5 cm³/mol. The summed E-state index contributed by atoms with van der Waals surface area (Å²) in [5, 5.41) is 3.94. The summed E-state index contributed by atoms with van der Waals surface area (Å²) in [6, 6.07) is 10.5. The molecule has 1 nitrogen and oxygen atoms in total. The van der Waals surface area contributed by atoms with Crippen molar-refractivity contribution >= 4 is 20.9 Å². The van der Waals surface area contributed by atoms with Gasteiger partial charge < -0.3 is 5.32 Å². The predicted octanol–water partition coefficient (Wildman–Crippen LogP) is 2.71. The minimum Gasteiger partial charge on any atom is -0.314 e. The third-order valence-electron chi connectivity index (χ3n) is 2.59. The molecule has 2 heteroatoms. The molecule has 0 saturated carbocycles. The first-order valence-corrected chi connectivity index (χ1v) is 7.49. The molecule has 1 fully saturated rings. The first-order valence-electron chi connectivity index (χ1n) is 5.45. The molecular weight excluding hydrogens is 202 g/mol. The van der Waals surface area contributed by atoms with E-state index in [1.807, 2.05) is 19.9 Å². The van der Waals surface area contributed by atoms with Crippen molar-refractivity contribution in [2.45, 2.75) is 24.0 Å². The number of nitrogens with one attached hydrogen (secondary N) is 1. The van der Waals surface area contributed by atoms with Crippen LogP contribution in [0, 0.1) is 0 Å². The minimum absolute atomic E-state index is 0.662.